The first-order chi connectivity index (χ1) is 8.40. The zero-order chi connectivity index (χ0) is 13.8. The molecule has 0 aliphatic heterocycles. The van der Waals surface area contributed by atoms with Crippen molar-refractivity contribution in [3.63, 3.8) is 0 Å². The van der Waals surface area contributed by atoms with Crippen LogP contribution in [0.4, 0.5) is 0 Å². The van der Waals surface area contributed by atoms with Gasteiger partial charge in [-0.25, -0.2) is 13.1 Å². The molecule has 0 spiro atoms. The molecule has 0 saturated heterocycles. The van der Waals surface area contributed by atoms with Crippen LogP contribution >= 0.6 is 22.6 Å². The zero-order valence-corrected chi connectivity index (χ0v) is 13.4. The van der Waals surface area contributed by atoms with Crippen LogP contribution in [-0.2, 0) is 14.8 Å². The highest BCUT2D eigenvalue weighted by atomic mass is 127. The molecule has 0 unspecified atom stereocenters. The maximum absolute atomic E-state index is 12.1. The van der Waals surface area contributed by atoms with Crippen LogP contribution in [0.25, 0.3) is 0 Å². The van der Waals surface area contributed by atoms with Crippen molar-refractivity contribution in [1.82, 2.24) is 4.72 Å². The van der Waals surface area contributed by atoms with E-state index in [1.54, 1.807) is 26.2 Å². The van der Waals surface area contributed by atoms with Crippen molar-refractivity contribution in [3.05, 3.63) is 21.8 Å². The Bertz CT molecular complexity index is 504. The van der Waals surface area contributed by atoms with Gasteiger partial charge >= 0.3 is 0 Å². The largest absolute Gasteiger partial charge is 0.496 e. The second kappa shape index (κ2) is 6.69. The molecule has 102 valence electrons. The minimum Gasteiger partial charge on any atom is -0.496 e. The number of sulfonamides is 1. The highest BCUT2D eigenvalue weighted by molar-refractivity contribution is 14.1. The number of methoxy groups -OCH3 is 2. The number of benzene rings is 1. The molecule has 0 radical (unpaired) electrons. The van der Waals surface area contributed by atoms with Gasteiger partial charge in [-0.3, -0.25) is 0 Å². The third-order valence-electron chi connectivity index (χ3n) is 2.21. The molecule has 0 saturated carbocycles. The molecule has 1 rings (SSSR count). The Morgan fingerprint density at radius 1 is 1.39 bits per heavy atom. The molecular formula is C11H16INO4S. The van der Waals surface area contributed by atoms with Crippen LogP contribution < -0.4 is 9.46 Å². The van der Waals surface area contributed by atoms with Gasteiger partial charge in [0.05, 0.1) is 22.2 Å². The molecule has 1 N–H and O–H groups in total. The van der Waals surface area contributed by atoms with Crippen molar-refractivity contribution in [3.8, 4) is 5.75 Å². The number of ether oxygens (including phenoxy) is 2. The van der Waals surface area contributed by atoms with Crippen LogP contribution in [-0.4, -0.2) is 35.3 Å². The summed E-state index contributed by atoms with van der Waals surface area (Å²) in [6.07, 6.45) is 0. The summed E-state index contributed by atoms with van der Waals surface area (Å²) in [7, 11) is -0.444. The van der Waals surface area contributed by atoms with E-state index in [0.717, 1.165) is 3.57 Å². The van der Waals surface area contributed by atoms with Crippen molar-refractivity contribution in [2.24, 2.45) is 0 Å². The molecule has 0 aliphatic rings. The van der Waals surface area contributed by atoms with E-state index in [1.165, 1.54) is 13.2 Å². The first kappa shape index (κ1) is 15.7. The fourth-order valence-electron chi connectivity index (χ4n) is 1.43. The molecular weight excluding hydrogens is 369 g/mol. The van der Waals surface area contributed by atoms with Gasteiger partial charge in [0.25, 0.3) is 0 Å². The zero-order valence-electron chi connectivity index (χ0n) is 10.4. The average molecular weight is 385 g/mol. The molecule has 0 aliphatic carbocycles. The lowest BCUT2D eigenvalue weighted by Crippen LogP contribution is -2.35. The van der Waals surface area contributed by atoms with Crippen LogP contribution in [0.1, 0.15) is 6.92 Å². The van der Waals surface area contributed by atoms with E-state index in [4.69, 9.17) is 9.47 Å². The summed E-state index contributed by atoms with van der Waals surface area (Å²) >= 11 is 2.03. The van der Waals surface area contributed by atoms with Crippen LogP contribution in [0, 0.1) is 3.57 Å². The lowest BCUT2D eigenvalue weighted by Gasteiger charge is -2.14. The minimum absolute atomic E-state index is 0.218. The molecule has 0 aromatic heterocycles. The van der Waals surface area contributed by atoms with E-state index in [-0.39, 0.29) is 10.9 Å². The summed E-state index contributed by atoms with van der Waals surface area (Å²) in [6, 6.07) is 4.45. The molecule has 1 aromatic rings. The summed E-state index contributed by atoms with van der Waals surface area (Å²) in [5.41, 5.74) is 0. The Hall–Kier alpha value is -0.380. The third kappa shape index (κ3) is 4.08. The van der Waals surface area contributed by atoms with Crippen molar-refractivity contribution in [2.75, 3.05) is 20.8 Å². The van der Waals surface area contributed by atoms with Gasteiger partial charge < -0.3 is 9.47 Å². The minimum atomic E-state index is -3.52. The standard InChI is InChI=1S/C11H16INO4S/c1-8(7-16-2)13-18(14,15)9-4-5-11(17-3)10(12)6-9/h4-6,8,13H,7H2,1-3H3/t8-/m0/s1. The first-order valence-electron chi connectivity index (χ1n) is 5.25. The highest BCUT2D eigenvalue weighted by Crippen LogP contribution is 2.23. The van der Waals surface area contributed by atoms with Gasteiger partial charge in [-0.2, -0.15) is 0 Å². The third-order valence-corrected chi connectivity index (χ3v) is 4.64. The van der Waals surface area contributed by atoms with Gasteiger partial charge in [0, 0.05) is 13.2 Å². The molecule has 5 nitrogen and oxygen atoms in total. The predicted octanol–water partition coefficient (Wildman–Crippen LogP) is 1.61. The second-order valence-electron chi connectivity index (χ2n) is 3.77. The molecule has 7 heteroatoms. The molecule has 1 aromatic carbocycles. The second-order valence-corrected chi connectivity index (χ2v) is 6.65. The van der Waals surface area contributed by atoms with Gasteiger partial charge in [-0.05, 0) is 47.7 Å². The molecule has 0 fully saturated rings. The van der Waals surface area contributed by atoms with Crippen molar-refractivity contribution in [2.45, 2.75) is 17.9 Å². The van der Waals surface area contributed by atoms with E-state index < -0.39 is 10.0 Å². The van der Waals surface area contributed by atoms with Gasteiger partial charge in [-0.15, -0.1) is 0 Å². The van der Waals surface area contributed by atoms with Crippen LogP contribution in [0.2, 0.25) is 0 Å². The van der Waals surface area contributed by atoms with Crippen molar-refractivity contribution < 1.29 is 17.9 Å². The smallest absolute Gasteiger partial charge is 0.240 e. The Kier molecular flexibility index (Phi) is 5.83. The summed E-state index contributed by atoms with van der Waals surface area (Å²) in [4.78, 5) is 0.218. The SMILES string of the molecule is COC[C@H](C)NS(=O)(=O)c1ccc(OC)c(I)c1. The Labute approximate surface area is 121 Å². The van der Waals surface area contributed by atoms with E-state index >= 15 is 0 Å². The van der Waals surface area contributed by atoms with Gasteiger partial charge in [0.1, 0.15) is 5.75 Å². The topological polar surface area (TPSA) is 64.6 Å². The molecule has 0 heterocycles. The van der Waals surface area contributed by atoms with E-state index in [1.807, 2.05) is 22.6 Å². The Morgan fingerprint density at radius 3 is 2.56 bits per heavy atom. The first-order valence-corrected chi connectivity index (χ1v) is 7.81. The summed E-state index contributed by atoms with van der Waals surface area (Å²) in [6.45, 7) is 2.07. The Morgan fingerprint density at radius 2 is 2.06 bits per heavy atom. The normalized spacial score (nSPS) is 13.3. The number of hydrogen-bond acceptors (Lipinski definition) is 4. The lowest BCUT2D eigenvalue weighted by atomic mass is 10.3. The summed E-state index contributed by atoms with van der Waals surface area (Å²) < 4.78 is 37.4. The van der Waals surface area contributed by atoms with Crippen molar-refractivity contribution in [1.29, 1.82) is 0 Å². The van der Waals surface area contributed by atoms with Crippen LogP contribution in [0.15, 0.2) is 23.1 Å². The Balaban J connectivity index is 2.95. The fraction of sp³-hybridized carbons (Fsp3) is 0.455. The van der Waals surface area contributed by atoms with E-state index in [2.05, 4.69) is 4.72 Å². The fourth-order valence-corrected chi connectivity index (χ4v) is 3.63. The molecule has 18 heavy (non-hydrogen) atoms. The number of nitrogens with one attached hydrogen (secondary N) is 1. The summed E-state index contributed by atoms with van der Waals surface area (Å²) in [5, 5.41) is 0. The van der Waals surface area contributed by atoms with E-state index in [0.29, 0.717) is 12.4 Å². The van der Waals surface area contributed by atoms with Gasteiger partial charge in [0.15, 0.2) is 0 Å². The summed E-state index contributed by atoms with van der Waals surface area (Å²) in [5.74, 6) is 0.652. The van der Waals surface area contributed by atoms with Crippen LogP contribution in [0.5, 0.6) is 5.75 Å². The molecule has 0 amide bonds. The quantitative estimate of drug-likeness (QED) is 0.756. The van der Waals surface area contributed by atoms with E-state index in [9.17, 15) is 8.42 Å². The number of hydrogen-bond donors (Lipinski definition) is 1. The van der Waals surface area contributed by atoms with Gasteiger partial charge in [0.2, 0.25) is 10.0 Å². The maximum atomic E-state index is 12.1. The van der Waals surface area contributed by atoms with Crippen LogP contribution in [0.3, 0.4) is 0 Å². The highest BCUT2D eigenvalue weighted by Gasteiger charge is 2.18. The lowest BCUT2D eigenvalue weighted by molar-refractivity contribution is 0.180. The monoisotopic (exact) mass is 385 g/mol. The number of rotatable bonds is 6. The maximum Gasteiger partial charge on any atom is 0.240 e. The average Bonchev–Trinajstić information content (AvgIpc) is 2.28. The van der Waals surface area contributed by atoms with Gasteiger partial charge in [-0.1, -0.05) is 0 Å². The predicted molar refractivity (Wildman–Crippen MR) is 77.4 cm³/mol. The molecule has 1 atom stereocenters. The number of halogens is 1. The van der Waals surface area contributed by atoms with Crippen molar-refractivity contribution >= 4 is 32.6 Å². The molecule has 0 bridgehead atoms.